The van der Waals surface area contributed by atoms with Gasteiger partial charge in [0.1, 0.15) is 11.9 Å². The number of hydrogen-bond acceptors (Lipinski definition) is 5. The Labute approximate surface area is 261 Å². The van der Waals surface area contributed by atoms with E-state index < -0.39 is 47.6 Å². The number of ether oxygens (including phenoxy) is 1. The number of benzene rings is 3. The lowest BCUT2D eigenvalue weighted by molar-refractivity contribution is -0.138. The first-order valence-corrected chi connectivity index (χ1v) is 14.4. The first-order chi connectivity index (χ1) is 21.5. The van der Waals surface area contributed by atoms with Crippen LogP contribution in [0.4, 0.5) is 42.5 Å². The van der Waals surface area contributed by atoms with E-state index in [4.69, 9.17) is 4.74 Å². The average molecular weight is 653 g/mol. The maximum atomic E-state index is 13.7. The molecule has 4 rings (SSSR count). The molecule has 248 valence electrons. The lowest BCUT2D eigenvalue weighted by Gasteiger charge is -2.38. The highest BCUT2D eigenvalue weighted by Crippen LogP contribution is 2.33. The predicted octanol–water partition coefficient (Wildman–Crippen LogP) is 6.72. The van der Waals surface area contributed by atoms with Crippen molar-refractivity contribution >= 4 is 23.3 Å². The molecule has 14 heteroatoms. The molecule has 0 aromatic heterocycles. The van der Waals surface area contributed by atoms with Crippen LogP contribution >= 0.6 is 0 Å². The van der Waals surface area contributed by atoms with E-state index in [1.165, 1.54) is 35.2 Å². The summed E-state index contributed by atoms with van der Waals surface area (Å²) >= 11 is 0. The molecule has 1 aliphatic rings. The van der Waals surface area contributed by atoms with Crippen LogP contribution in [0.15, 0.2) is 66.7 Å². The van der Waals surface area contributed by atoms with Crippen LogP contribution in [-0.4, -0.2) is 65.7 Å². The normalized spacial score (nSPS) is 17.9. The van der Waals surface area contributed by atoms with Crippen LogP contribution in [0.3, 0.4) is 0 Å². The van der Waals surface area contributed by atoms with Gasteiger partial charge in [-0.05, 0) is 74.1 Å². The molecular weight excluding hydrogens is 618 g/mol. The van der Waals surface area contributed by atoms with Crippen LogP contribution in [0.25, 0.3) is 0 Å². The molecule has 0 saturated carbocycles. The second kappa shape index (κ2) is 14.0. The van der Waals surface area contributed by atoms with Gasteiger partial charge in [0.25, 0.3) is 5.91 Å². The van der Waals surface area contributed by atoms with E-state index >= 15 is 0 Å². The molecule has 0 spiro atoms. The molecule has 3 aromatic carbocycles. The third kappa shape index (κ3) is 8.69. The number of carbonyl (C=O) groups excluding carboxylic acids is 2. The number of aliphatic hydroxyl groups is 1. The number of aliphatic hydroxyl groups excluding tert-OH is 1. The second-order valence-electron chi connectivity index (χ2n) is 11.4. The number of nitrogens with one attached hydrogen (secondary N) is 2. The van der Waals surface area contributed by atoms with Crippen LogP contribution in [0.5, 0.6) is 5.75 Å². The Morgan fingerprint density at radius 3 is 2.07 bits per heavy atom. The summed E-state index contributed by atoms with van der Waals surface area (Å²) in [4.78, 5) is 29.7. The summed E-state index contributed by atoms with van der Waals surface area (Å²) in [7, 11) is 1.80. The fourth-order valence-electron chi connectivity index (χ4n) is 5.04. The number of hydrogen-bond donors (Lipinski definition) is 3. The SMILES string of the molecule is C[C@H](CO)N1C[C@H](C)[C@H](CN(C)Cc2ccc(C(F)(F)F)cc2)Oc2ccc(NC(=O)Nc3ccc(C(F)(F)F)cc3)cc2C1=O. The summed E-state index contributed by atoms with van der Waals surface area (Å²) in [5.41, 5.74) is -0.474. The van der Waals surface area contributed by atoms with Gasteiger partial charge in [-0.25, -0.2) is 4.79 Å². The molecule has 0 bridgehead atoms. The Morgan fingerprint density at radius 2 is 1.50 bits per heavy atom. The van der Waals surface area contributed by atoms with Crippen LogP contribution in [0, 0.1) is 5.92 Å². The molecule has 0 unspecified atom stereocenters. The Kier molecular flexibility index (Phi) is 10.5. The number of nitrogens with zero attached hydrogens (tertiary/aromatic N) is 2. The topological polar surface area (TPSA) is 94.1 Å². The van der Waals surface area contributed by atoms with E-state index in [9.17, 15) is 41.0 Å². The summed E-state index contributed by atoms with van der Waals surface area (Å²) in [6.45, 7) is 4.20. The maximum Gasteiger partial charge on any atom is 0.416 e. The molecule has 3 N–H and O–H groups in total. The summed E-state index contributed by atoms with van der Waals surface area (Å²) in [5.74, 6) is -0.423. The van der Waals surface area contributed by atoms with Gasteiger partial charge in [0.05, 0.1) is 29.3 Å². The minimum atomic E-state index is -4.52. The molecule has 0 radical (unpaired) electrons. The fourth-order valence-corrected chi connectivity index (χ4v) is 5.04. The first-order valence-electron chi connectivity index (χ1n) is 14.4. The van der Waals surface area contributed by atoms with Crippen molar-refractivity contribution in [2.24, 2.45) is 5.92 Å². The van der Waals surface area contributed by atoms with Crippen molar-refractivity contribution in [3.63, 3.8) is 0 Å². The molecule has 8 nitrogen and oxygen atoms in total. The zero-order valence-corrected chi connectivity index (χ0v) is 25.2. The Balaban J connectivity index is 1.51. The number of likely N-dealkylation sites (N-methyl/N-ethyl adjacent to an activating group) is 1. The van der Waals surface area contributed by atoms with Gasteiger partial charge < -0.3 is 25.4 Å². The number of fused-ring (bicyclic) bond motifs is 1. The first kappa shape index (κ1) is 34.6. The van der Waals surface area contributed by atoms with E-state index in [1.807, 2.05) is 11.8 Å². The number of anilines is 2. The van der Waals surface area contributed by atoms with Crippen molar-refractivity contribution in [1.82, 2.24) is 9.80 Å². The van der Waals surface area contributed by atoms with Gasteiger partial charge in [-0.15, -0.1) is 0 Å². The number of rotatable bonds is 8. The molecule has 3 amide bonds. The van der Waals surface area contributed by atoms with E-state index in [2.05, 4.69) is 10.6 Å². The molecule has 0 fully saturated rings. The van der Waals surface area contributed by atoms with Gasteiger partial charge in [-0.2, -0.15) is 26.3 Å². The van der Waals surface area contributed by atoms with Crippen molar-refractivity contribution in [1.29, 1.82) is 0 Å². The second-order valence-corrected chi connectivity index (χ2v) is 11.4. The summed E-state index contributed by atoms with van der Waals surface area (Å²) in [6, 6.07) is 11.9. The molecular formula is C32H34F6N4O4. The van der Waals surface area contributed by atoms with Crippen LogP contribution in [-0.2, 0) is 18.9 Å². The third-order valence-electron chi connectivity index (χ3n) is 7.62. The maximum absolute atomic E-state index is 13.7. The highest BCUT2D eigenvalue weighted by molar-refractivity contribution is 6.02. The van der Waals surface area contributed by atoms with Gasteiger partial charge in [0, 0.05) is 36.9 Å². The van der Waals surface area contributed by atoms with E-state index in [-0.39, 0.29) is 41.8 Å². The number of halogens is 6. The zero-order valence-electron chi connectivity index (χ0n) is 25.2. The van der Waals surface area contributed by atoms with Crippen molar-refractivity contribution in [3.05, 3.63) is 89.0 Å². The van der Waals surface area contributed by atoms with Crippen LogP contribution < -0.4 is 15.4 Å². The molecule has 0 saturated heterocycles. The van der Waals surface area contributed by atoms with E-state index in [0.29, 0.717) is 18.7 Å². The smallest absolute Gasteiger partial charge is 0.416 e. The Bertz CT molecular complexity index is 1510. The molecule has 0 aliphatic carbocycles. The highest BCUT2D eigenvalue weighted by Gasteiger charge is 2.34. The van der Waals surface area contributed by atoms with Crippen LogP contribution in [0.2, 0.25) is 0 Å². The van der Waals surface area contributed by atoms with Crippen LogP contribution in [0.1, 0.15) is 40.9 Å². The number of carbonyl (C=O) groups is 2. The van der Waals surface area contributed by atoms with Gasteiger partial charge >= 0.3 is 18.4 Å². The lowest BCUT2D eigenvalue weighted by Crippen LogP contribution is -2.49. The average Bonchev–Trinajstić information content (AvgIpc) is 2.98. The monoisotopic (exact) mass is 652 g/mol. The van der Waals surface area contributed by atoms with E-state index in [0.717, 1.165) is 36.4 Å². The lowest BCUT2D eigenvalue weighted by atomic mass is 9.99. The van der Waals surface area contributed by atoms with Gasteiger partial charge in [0.15, 0.2) is 0 Å². The highest BCUT2D eigenvalue weighted by atomic mass is 19.4. The molecule has 1 heterocycles. The standard InChI is InChI=1S/C32H34F6N4O4/c1-19-15-42(20(2)18-43)29(44)26-14-25(40-30(45)39-24-10-8-23(9-11-24)32(36,37)38)12-13-27(26)46-28(19)17-41(3)16-21-4-6-22(7-5-21)31(33,34)35/h4-14,19-20,28,43H,15-18H2,1-3H3,(H2,39,40,45)/t19-,20+,28-/m0/s1. The fraction of sp³-hybridized carbons (Fsp3) is 0.375. The van der Waals surface area contributed by atoms with Crippen molar-refractivity contribution in [2.45, 2.75) is 44.9 Å². The number of alkyl halides is 6. The third-order valence-corrected chi connectivity index (χ3v) is 7.62. The van der Waals surface area contributed by atoms with Gasteiger partial charge in [0.2, 0.25) is 0 Å². The number of urea groups is 1. The van der Waals surface area contributed by atoms with Gasteiger partial charge in [-0.3, -0.25) is 9.69 Å². The van der Waals surface area contributed by atoms with Crippen molar-refractivity contribution < 1.29 is 45.8 Å². The molecule has 3 aromatic rings. The summed E-state index contributed by atoms with van der Waals surface area (Å²) in [5, 5.41) is 14.9. The summed E-state index contributed by atoms with van der Waals surface area (Å²) in [6.07, 6.45) is -9.42. The number of amides is 3. The van der Waals surface area contributed by atoms with Crippen molar-refractivity contribution in [2.75, 3.05) is 37.4 Å². The molecule has 3 atom stereocenters. The van der Waals surface area contributed by atoms with Crippen molar-refractivity contribution in [3.8, 4) is 5.75 Å². The largest absolute Gasteiger partial charge is 0.488 e. The minimum absolute atomic E-state index is 0.120. The molecule has 1 aliphatic heterocycles. The van der Waals surface area contributed by atoms with Gasteiger partial charge in [-0.1, -0.05) is 19.1 Å². The Morgan fingerprint density at radius 1 is 0.957 bits per heavy atom. The minimum Gasteiger partial charge on any atom is -0.488 e. The van der Waals surface area contributed by atoms with E-state index in [1.54, 1.807) is 14.0 Å². The predicted molar refractivity (Wildman–Crippen MR) is 159 cm³/mol. The molecule has 46 heavy (non-hydrogen) atoms. The zero-order chi connectivity index (χ0) is 33.8. The quantitative estimate of drug-likeness (QED) is 0.235. The summed E-state index contributed by atoms with van der Waals surface area (Å²) < 4.78 is 83.8. The Hall–Kier alpha value is -4.30.